The molecule has 0 aromatic heterocycles. The third-order valence-electron chi connectivity index (χ3n) is 7.39. The van der Waals surface area contributed by atoms with Crippen molar-refractivity contribution in [1.29, 1.82) is 0 Å². The van der Waals surface area contributed by atoms with E-state index in [4.69, 9.17) is 0 Å². The molecule has 2 aliphatic heterocycles. The molecule has 0 radical (unpaired) electrons. The van der Waals surface area contributed by atoms with Gasteiger partial charge in [0.05, 0.1) is 0 Å². The molecule has 2 saturated heterocycles. The predicted molar refractivity (Wildman–Crippen MR) is 88.7 cm³/mol. The van der Waals surface area contributed by atoms with E-state index in [2.05, 4.69) is 17.1 Å². The van der Waals surface area contributed by atoms with Crippen molar-refractivity contribution in [3.8, 4) is 0 Å². The summed E-state index contributed by atoms with van der Waals surface area (Å²) in [6.45, 7) is 3.28. The summed E-state index contributed by atoms with van der Waals surface area (Å²) >= 11 is 0. The summed E-state index contributed by atoms with van der Waals surface area (Å²) < 4.78 is 0. The van der Waals surface area contributed by atoms with Gasteiger partial charge in [0.1, 0.15) is 0 Å². The fourth-order valence-corrected chi connectivity index (χ4v) is 5.86. The molecule has 4 aliphatic rings. The van der Waals surface area contributed by atoms with Crippen LogP contribution in [-0.2, 0) is 9.59 Å². The molecule has 2 heterocycles. The topological polar surface area (TPSA) is 49.4 Å². The Bertz CT molecular complexity index is 502. The molecule has 4 fully saturated rings. The molecule has 128 valence electrons. The maximum Gasteiger partial charge on any atom is 0.223 e. The normalized spacial score (nSPS) is 40.8. The number of hydrogen-bond donors (Lipinski definition) is 1. The molecule has 4 heteroatoms. The summed E-state index contributed by atoms with van der Waals surface area (Å²) in [5.74, 6) is 2.00. The van der Waals surface area contributed by atoms with Crippen LogP contribution in [0.5, 0.6) is 0 Å². The maximum atomic E-state index is 12.5. The number of hydrogen-bond acceptors (Lipinski definition) is 2. The Hall–Kier alpha value is -1.06. The number of amides is 2. The summed E-state index contributed by atoms with van der Waals surface area (Å²) in [5.41, 5.74) is 0.116. The van der Waals surface area contributed by atoms with Crippen LogP contribution in [0.4, 0.5) is 0 Å². The Balaban J connectivity index is 1.52. The monoisotopic (exact) mass is 318 g/mol. The third-order valence-corrected chi connectivity index (χ3v) is 7.39. The molecule has 0 aromatic rings. The first-order valence-corrected chi connectivity index (χ1v) is 9.73. The third kappa shape index (κ3) is 2.40. The second kappa shape index (κ2) is 5.78. The zero-order chi connectivity index (χ0) is 16.0. The van der Waals surface area contributed by atoms with E-state index in [0.717, 1.165) is 57.9 Å². The molecule has 0 aromatic carbocycles. The molecule has 1 N–H and O–H groups in total. The maximum absolute atomic E-state index is 12.5. The second-order valence-corrected chi connectivity index (χ2v) is 8.39. The molecule has 23 heavy (non-hydrogen) atoms. The fraction of sp³-hybridized carbons (Fsp3) is 0.895. The second-order valence-electron chi connectivity index (χ2n) is 8.39. The highest BCUT2D eigenvalue weighted by Crippen LogP contribution is 2.51. The SMILES string of the molecule is C[C@H]1[C@@H](NC(=O)C2CCC2)CC[C@@]23CCCN2C(=O)CCC[C@@H]13. The van der Waals surface area contributed by atoms with Crippen LogP contribution in [0, 0.1) is 17.8 Å². The minimum atomic E-state index is 0.116. The molecular formula is C19H30N2O2. The van der Waals surface area contributed by atoms with Gasteiger partial charge in [-0.3, -0.25) is 9.59 Å². The molecule has 2 aliphatic carbocycles. The number of carbonyl (C=O) groups is 2. The van der Waals surface area contributed by atoms with Crippen molar-refractivity contribution < 1.29 is 9.59 Å². The lowest BCUT2D eigenvalue weighted by atomic mass is 9.63. The lowest BCUT2D eigenvalue weighted by Crippen LogP contribution is -2.60. The van der Waals surface area contributed by atoms with Gasteiger partial charge in [-0.2, -0.15) is 0 Å². The van der Waals surface area contributed by atoms with Crippen molar-refractivity contribution in [3.63, 3.8) is 0 Å². The summed E-state index contributed by atoms with van der Waals surface area (Å²) in [7, 11) is 0. The predicted octanol–water partition coefficient (Wildman–Crippen LogP) is 2.86. The first-order chi connectivity index (χ1) is 11.1. The lowest BCUT2D eigenvalue weighted by Gasteiger charge is -2.52. The summed E-state index contributed by atoms with van der Waals surface area (Å²) in [4.78, 5) is 27.1. The smallest absolute Gasteiger partial charge is 0.223 e. The highest BCUT2D eigenvalue weighted by Gasteiger charge is 2.55. The van der Waals surface area contributed by atoms with Crippen molar-refractivity contribution in [2.24, 2.45) is 17.8 Å². The molecular weight excluding hydrogens is 288 g/mol. The van der Waals surface area contributed by atoms with E-state index in [1.807, 2.05) is 0 Å². The Morgan fingerprint density at radius 2 is 1.96 bits per heavy atom. The van der Waals surface area contributed by atoms with Gasteiger partial charge in [0.15, 0.2) is 0 Å². The van der Waals surface area contributed by atoms with Crippen LogP contribution in [-0.4, -0.2) is 34.8 Å². The van der Waals surface area contributed by atoms with Gasteiger partial charge in [0.2, 0.25) is 11.8 Å². The molecule has 0 unspecified atom stereocenters. The number of rotatable bonds is 2. The standard InChI is InChI=1S/C19H30N2O2/c1-13-15-7-3-8-17(22)21-12-4-10-19(15,21)11-9-16(13)20-18(23)14-5-2-6-14/h13-16H,2-12H2,1H3,(H,20,23)/t13-,15+,16+,19-/m1/s1. The Morgan fingerprint density at radius 3 is 2.70 bits per heavy atom. The van der Waals surface area contributed by atoms with Crippen LogP contribution in [0.15, 0.2) is 0 Å². The van der Waals surface area contributed by atoms with Gasteiger partial charge >= 0.3 is 0 Å². The number of carbonyl (C=O) groups excluding carboxylic acids is 2. The first-order valence-electron chi connectivity index (χ1n) is 9.73. The minimum absolute atomic E-state index is 0.116. The molecule has 1 spiro atoms. The van der Waals surface area contributed by atoms with Crippen LogP contribution >= 0.6 is 0 Å². The van der Waals surface area contributed by atoms with E-state index in [-0.39, 0.29) is 17.4 Å². The molecule has 2 amide bonds. The number of nitrogens with zero attached hydrogens (tertiary/aromatic N) is 1. The highest BCUT2D eigenvalue weighted by molar-refractivity contribution is 5.80. The van der Waals surface area contributed by atoms with Crippen molar-refractivity contribution in [1.82, 2.24) is 10.2 Å². The molecule has 0 bridgehead atoms. The molecule has 4 atom stereocenters. The van der Waals surface area contributed by atoms with E-state index < -0.39 is 0 Å². The average molecular weight is 318 g/mol. The average Bonchev–Trinajstić information content (AvgIpc) is 2.83. The molecule has 4 nitrogen and oxygen atoms in total. The Morgan fingerprint density at radius 1 is 1.13 bits per heavy atom. The van der Waals surface area contributed by atoms with E-state index in [9.17, 15) is 9.59 Å². The van der Waals surface area contributed by atoms with Crippen molar-refractivity contribution in [3.05, 3.63) is 0 Å². The summed E-state index contributed by atoms with van der Waals surface area (Å²) in [6.07, 6.45) is 10.7. The quantitative estimate of drug-likeness (QED) is 0.851. The van der Waals surface area contributed by atoms with Crippen LogP contribution in [0.25, 0.3) is 0 Å². The Labute approximate surface area is 139 Å². The van der Waals surface area contributed by atoms with Crippen molar-refractivity contribution >= 4 is 11.8 Å². The first kappa shape index (κ1) is 15.5. The van der Waals surface area contributed by atoms with Gasteiger partial charge in [0, 0.05) is 30.5 Å². The van der Waals surface area contributed by atoms with Gasteiger partial charge in [0.25, 0.3) is 0 Å². The van der Waals surface area contributed by atoms with Gasteiger partial charge < -0.3 is 10.2 Å². The molecule has 2 saturated carbocycles. The zero-order valence-corrected chi connectivity index (χ0v) is 14.4. The van der Waals surface area contributed by atoms with Crippen molar-refractivity contribution in [2.75, 3.05) is 6.54 Å². The largest absolute Gasteiger partial charge is 0.353 e. The minimum Gasteiger partial charge on any atom is -0.353 e. The Kier molecular flexibility index (Phi) is 3.89. The zero-order valence-electron chi connectivity index (χ0n) is 14.4. The van der Waals surface area contributed by atoms with Gasteiger partial charge in [-0.25, -0.2) is 0 Å². The van der Waals surface area contributed by atoms with Crippen molar-refractivity contribution in [2.45, 2.75) is 82.7 Å². The van der Waals surface area contributed by atoms with Crippen LogP contribution in [0.1, 0.15) is 71.1 Å². The molecule has 4 rings (SSSR count). The van der Waals surface area contributed by atoms with E-state index in [0.29, 0.717) is 23.8 Å². The lowest BCUT2D eigenvalue weighted by molar-refractivity contribution is -0.139. The van der Waals surface area contributed by atoms with Crippen LogP contribution in [0.2, 0.25) is 0 Å². The van der Waals surface area contributed by atoms with E-state index in [1.54, 1.807) is 0 Å². The van der Waals surface area contributed by atoms with E-state index in [1.165, 1.54) is 12.8 Å². The highest BCUT2D eigenvalue weighted by atomic mass is 16.2. The summed E-state index contributed by atoms with van der Waals surface area (Å²) in [6, 6.07) is 0.314. The van der Waals surface area contributed by atoms with Gasteiger partial charge in [-0.05, 0) is 63.2 Å². The summed E-state index contributed by atoms with van der Waals surface area (Å²) in [5, 5.41) is 3.37. The van der Waals surface area contributed by atoms with Crippen LogP contribution in [0.3, 0.4) is 0 Å². The van der Waals surface area contributed by atoms with Gasteiger partial charge in [-0.15, -0.1) is 0 Å². The van der Waals surface area contributed by atoms with Gasteiger partial charge in [-0.1, -0.05) is 13.3 Å². The number of nitrogens with one attached hydrogen (secondary N) is 1. The van der Waals surface area contributed by atoms with E-state index >= 15 is 0 Å². The van der Waals surface area contributed by atoms with Crippen LogP contribution < -0.4 is 5.32 Å². The fourth-order valence-electron chi connectivity index (χ4n) is 5.86.